The maximum absolute atomic E-state index is 10.7. The van der Waals surface area contributed by atoms with Crippen LogP contribution in [-0.4, -0.2) is 6.29 Å². The summed E-state index contributed by atoms with van der Waals surface area (Å²) in [7, 11) is 0. The summed E-state index contributed by atoms with van der Waals surface area (Å²) in [6.45, 7) is 2.00. The van der Waals surface area contributed by atoms with Crippen LogP contribution in [0.3, 0.4) is 0 Å². The molecule has 1 aromatic rings. The molecule has 1 aliphatic carbocycles. The molecule has 0 atom stereocenters. The Morgan fingerprint density at radius 2 is 2.27 bits per heavy atom. The first-order chi connectivity index (χ1) is 7.33. The van der Waals surface area contributed by atoms with Gasteiger partial charge in [-0.1, -0.05) is 31.2 Å². The summed E-state index contributed by atoms with van der Waals surface area (Å²) in [5.74, 6) is 0.777. The molecule has 1 fully saturated rings. The van der Waals surface area contributed by atoms with Crippen LogP contribution in [0.1, 0.15) is 43.2 Å². The van der Waals surface area contributed by atoms with Gasteiger partial charge in [-0.05, 0) is 48.0 Å². The average Bonchev–Trinajstić information content (AvgIpc) is 3.10. The highest BCUT2D eigenvalue weighted by atomic mass is 16.1. The van der Waals surface area contributed by atoms with Gasteiger partial charge in [0.15, 0.2) is 0 Å². The van der Waals surface area contributed by atoms with Gasteiger partial charge < -0.3 is 0 Å². The highest BCUT2D eigenvalue weighted by Gasteiger charge is 2.23. The van der Waals surface area contributed by atoms with Gasteiger partial charge in [0.1, 0.15) is 6.29 Å². The van der Waals surface area contributed by atoms with Crippen LogP contribution in [0.5, 0.6) is 0 Å². The molecule has 15 heavy (non-hydrogen) atoms. The molecule has 1 nitrogen and oxygen atoms in total. The van der Waals surface area contributed by atoms with Gasteiger partial charge in [0.05, 0.1) is 0 Å². The quantitative estimate of drug-likeness (QED) is 0.536. The zero-order chi connectivity index (χ0) is 10.7. The van der Waals surface area contributed by atoms with Crippen LogP contribution in [0.15, 0.2) is 29.8 Å². The van der Waals surface area contributed by atoms with Crippen molar-refractivity contribution in [2.75, 3.05) is 0 Å². The summed E-state index contributed by atoms with van der Waals surface area (Å²) in [4.78, 5) is 10.7. The molecule has 1 aliphatic rings. The van der Waals surface area contributed by atoms with E-state index in [-0.39, 0.29) is 0 Å². The summed E-state index contributed by atoms with van der Waals surface area (Å²) in [5.41, 5.74) is 3.44. The van der Waals surface area contributed by atoms with Crippen LogP contribution < -0.4 is 0 Å². The molecule has 1 heteroatoms. The van der Waals surface area contributed by atoms with E-state index in [1.165, 1.54) is 18.4 Å². The number of carbonyl (C=O) groups is 1. The zero-order valence-corrected chi connectivity index (χ0v) is 9.07. The van der Waals surface area contributed by atoms with Crippen molar-refractivity contribution >= 4 is 12.4 Å². The van der Waals surface area contributed by atoms with Crippen molar-refractivity contribution in [2.24, 2.45) is 0 Å². The lowest BCUT2D eigenvalue weighted by molar-refractivity contribution is -0.104. The molecule has 0 heterocycles. The molecule has 0 saturated heterocycles. The lowest BCUT2D eigenvalue weighted by atomic mass is 10.0. The number of benzene rings is 1. The highest BCUT2D eigenvalue weighted by molar-refractivity contribution is 5.81. The molecule has 78 valence electrons. The number of hydrogen-bond acceptors (Lipinski definition) is 1. The average molecular weight is 200 g/mol. The predicted molar refractivity (Wildman–Crippen MR) is 62.7 cm³/mol. The van der Waals surface area contributed by atoms with Crippen LogP contribution in [0.25, 0.3) is 6.08 Å². The number of rotatable bonds is 4. The molecular weight excluding hydrogens is 184 g/mol. The third-order valence-corrected chi connectivity index (χ3v) is 2.87. The van der Waals surface area contributed by atoms with Crippen molar-refractivity contribution in [1.29, 1.82) is 0 Å². The van der Waals surface area contributed by atoms with E-state index in [4.69, 9.17) is 0 Å². The molecule has 0 aliphatic heterocycles. The summed E-state index contributed by atoms with van der Waals surface area (Å²) < 4.78 is 0. The molecule has 0 spiro atoms. The topological polar surface area (TPSA) is 17.1 Å². The Morgan fingerprint density at radius 1 is 1.47 bits per heavy atom. The van der Waals surface area contributed by atoms with Crippen LogP contribution in [0.4, 0.5) is 0 Å². The van der Waals surface area contributed by atoms with Gasteiger partial charge in [0.25, 0.3) is 0 Å². The minimum atomic E-state index is 0.777. The Bertz CT molecular complexity index is 386. The first-order valence-corrected chi connectivity index (χ1v) is 5.59. The van der Waals surface area contributed by atoms with E-state index < -0.39 is 0 Å². The Balaban J connectivity index is 2.23. The van der Waals surface area contributed by atoms with E-state index in [9.17, 15) is 4.79 Å². The number of aldehydes is 1. The first kappa shape index (κ1) is 10.2. The standard InChI is InChI=1S/C14H16O/c1-2-11(10-15)8-12-4-3-5-14(9-12)13-6-7-13/h3-5,8-10,13H,2,6-7H2,1H3. The Labute approximate surface area is 90.8 Å². The van der Waals surface area contributed by atoms with E-state index in [0.29, 0.717) is 0 Å². The second-order valence-electron chi connectivity index (χ2n) is 4.14. The third-order valence-electron chi connectivity index (χ3n) is 2.87. The van der Waals surface area contributed by atoms with Gasteiger partial charge >= 0.3 is 0 Å². The fourth-order valence-corrected chi connectivity index (χ4v) is 1.75. The maximum atomic E-state index is 10.7. The monoisotopic (exact) mass is 200 g/mol. The van der Waals surface area contributed by atoms with Gasteiger partial charge in [0.2, 0.25) is 0 Å². The van der Waals surface area contributed by atoms with Gasteiger partial charge in [-0.3, -0.25) is 4.79 Å². The summed E-state index contributed by atoms with van der Waals surface area (Å²) in [5, 5.41) is 0. The smallest absolute Gasteiger partial charge is 0.146 e. The van der Waals surface area contributed by atoms with E-state index >= 15 is 0 Å². The minimum Gasteiger partial charge on any atom is -0.298 e. The molecule has 0 unspecified atom stereocenters. The van der Waals surface area contributed by atoms with E-state index in [2.05, 4.69) is 24.3 Å². The van der Waals surface area contributed by atoms with E-state index in [0.717, 1.165) is 29.8 Å². The number of hydrogen-bond donors (Lipinski definition) is 0. The lowest BCUT2D eigenvalue weighted by Gasteiger charge is -2.00. The van der Waals surface area contributed by atoms with Crippen molar-refractivity contribution < 1.29 is 4.79 Å². The summed E-state index contributed by atoms with van der Waals surface area (Å²) in [6, 6.07) is 8.53. The molecule has 1 aromatic carbocycles. The van der Waals surface area contributed by atoms with Crippen molar-refractivity contribution in [1.82, 2.24) is 0 Å². The lowest BCUT2D eigenvalue weighted by Crippen LogP contribution is -1.84. The SMILES string of the molecule is CCC(C=O)=Cc1cccc(C2CC2)c1. The molecule has 0 amide bonds. The molecule has 2 rings (SSSR count). The van der Waals surface area contributed by atoms with E-state index in [1.54, 1.807) is 0 Å². The fraction of sp³-hybridized carbons (Fsp3) is 0.357. The third kappa shape index (κ3) is 2.56. The van der Waals surface area contributed by atoms with Crippen LogP contribution in [0.2, 0.25) is 0 Å². The Kier molecular flexibility index (Phi) is 3.00. The van der Waals surface area contributed by atoms with Gasteiger partial charge in [-0.15, -0.1) is 0 Å². The number of allylic oxidation sites excluding steroid dienone is 1. The second-order valence-corrected chi connectivity index (χ2v) is 4.14. The van der Waals surface area contributed by atoms with Crippen LogP contribution >= 0.6 is 0 Å². The molecule has 0 N–H and O–H groups in total. The first-order valence-electron chi connectivity index (χ1n) is 5.59. The molecule has 0 radical (unpaired) electrons. The largest absolute Gasteiger partial charge is 0.298 e. The Hall–Kier alpha value is -1.37. The molecule has 0 bridgehead atoms. The van der Waals surface area contributed by atoms with Crippen molar-refractivity contribution in [3.8, 4) is 0 Å². The normalized spacial score (nSPS) is 16.5. The zero-order valence-electron chi connectivity index (χ0n) is 9.07. The Morgan fingerprint density at radius 3 is 2.87 bits per heavy atom. The summed E-state index contributed by atoms with van der Waals surface area (Å²) >= 11 is 0. The maximum Gasteiger partial charge on any atom is 0.146 e. The molecule has 0 aromatic heterocycles. The van der Waals surface area contributed by atoms with Gasteiger partial charge in [-0.2, -0.15) is 0 Å². The van der Waals surface area contributed by atoms with Crippen molar-refractivity contribution in [2.45, 2.75) is 32.1 Å². The highest BCUT2D eigenvalue weighted by Crippen LogP contribution is 2.40. The molecule has 1 saturated carbocycles. The minimum absolute atomic E-state index is 0.777. The fourth-order valence-electron chi connectivity index (χ4n) is 1.75. The van der Waals surface area contributed by atoms with Gasteiger partial charge in [-0.25, -0.2) is 0 Å². The molecular formula is C14H16O. The number of carbonyl (C=O) groups excluding carboxylic acids is 1. The summed E-state index contributed by atoms with van der Waals surface area (Å²) in [6.07, 6.45) is 6.38. The van der Waals surface area contributed by atoms with Crippen LogP contribution in [0, 0.1) is 0 Å². The van der Waals surface area contributed by atoms with E-state index in [1.807, 2.05) is 13.0 Å². The predicted octanol–water partition coefficient (Wildman–Crippen LogP) is 3.56. The van der Waals surface area contributed by atoms with Crippen molar-refractivity contribution in [3.63, 3.8) is 0 Å². The second kappa shape index (κ2) is 4.43. The van der Waals surface area contributed by atoms with Crippen LogP contribution in [-0.2, 0) is 4.79 Å². The van der Waals surface area contributed by atoms with Crippen molar-refractivity contribution in [3.05, 3.63) is 41.0 Å². The van der Waals surface area contributed by atoms with Gasteiger partial charge in [0, 0.05) is 0 Å².